The Kier molecular flexibility index (Phi) is 5.97. The molecule has 1 saturated heterocycles. The lowest BCUT2D eigenvalue weighted by Crippen LogP contribution is -2.37. The van der Waals surface area contributed by atoms with Crippen LogP contribution in [-0.2, 0) is 4.74 Å². The van der Waals surface area contributed by atoms with Gasteiger partial charge in [-0.25, -0.2) is 0 Å². The zero-order chi connectivity index (χ0) is 16.1. The van der Waals surface area contributed by atoms with Gasteiger partial charge in [0.1, 0.15) is 5.75 Å². The van der Waals surface area contributed by atoms with Crippen molar-refractivity contribution in [2.75, 3.05) is 19.7 Å². The predicted octanol–water partition coefficient (Wildman–Crippen LogP) is 3.58. The molecule has 4 nitrogen and oxygen atoms in total. The number of carbonyl (C=O) groups is 1. The molecule has 2 rings (SSSR count). The number of benzene rings is 1. The van der Waals surface area contributed by atoms with E-state index in [-0.39, 0.29) is 23.3 Å². The molecule has 122 valence electrons. The second kappa shape index (κ2) is 7.74. The summed E-state index contributed by atoms with van der Waals surface area (Å²) >= 11 is 5.89. The van der Waals surface area contributed by atoms with Crippen LogP contribution in [0.3, 0.4) is 0 Å². The van der Waals surface area contributed by atoms with Crippen molar-refractivity contribution >= 4 is 17.5 Å². The molecule has 7 heteroatoms. The van der Waals surface area contributed by atoms with Crippen LogP contribution in [0.25, 0.3) is 0 Å². The number of ether oxygens (including phenoxy) is 2. The highest BCUT2D eigenvalue weighted by Gasteiger charge is 2.25. The largest absolute Gasteiger partial charge is 0.434 e. The van der Waals surface area contributed by atoms with E-state index in [1.807, 2.05) is 6.92 Å². The summed E-state index contributed by atoms with van der Waals surface area (Å²) in [6.45, 7) is 0.497. The normalized spacial score (nSPS) is 19.1. The van der Waals surface area contributed by atoms with Crippen LogP contribution in [0.5, 0.6) is 5.75 Å². The van der Waals surface area contributed by atoms with Crippen LogP contribution in [0.2, 0.25) is 5.02 Å². The third-order valence-electron chi connectivity index (χ3n) is 3.48. The van der Waals surface area contributed by atoms with Gasteiger partial charge in [0.2, 0.25) is 0 Å². The van der Waals surface area contributed by atoms with Gasteiger partial charge in [0.05, 0.1) is 11.7 Å². The average molecular weight is 334 g/mol. The molecule has 0 aromatic heterocycles. The maximum absolute atomic E-state index is 12.7. The predicted molar refractivity (Wildman–Crippen MR) is 78.6 cm³/mol. The quantitative estimate of drug-likeness (QED) is 0.845. The molecule has 0 N–H and O–H groups in total. The van der Waals surface area contributed by atoms with Gasteiger partial charge in [-0.2, -0.15) is 8.78 Å². The van der Waals surface area contributed by atoms with E-state index >= 15 is 0 Å². The fraction of sp³-hybridized carbons (Fsp3) is 0.533. The van der Waals surface area contributed by atoms with Gasteiger partial charge in [0.15, 0.2) is 0 Å². The fourth-order valence-electron chi connectivity index (χ4n) is 2.37. The number of halogens is 3. The Morgan fingerprint density at radius 2 is 2.32 bits per heavy atom. The van der Waals surface area contributed by atoms with Crippen LogP contribution >= 0.6 is 11.6 Å². The molecule has 0 saturated carbocycles. The Hall–Kier alpha value is -1.40. The summed E-state index contributed by atoms with van der Waals surface area (Å²) in [6, 6.07) is 4.05. The van der Waals surface area contributed by atoms with Crippen LogP contribution in [0.4, 0.5) is 8.78 Å². The number of rotatable bonds is 4. The first-order chi connectivity index (χ1) is 10.5. The molecule has 1 fully saturated rings. The van der Waals surface area contributed by atoms with Gasteiger partial charge in [-0.3, -0.25) is 4.79 Å². The van der Waals surface area contributed by atoms with Crippen LogP contribution in [0, 0.1) is 0 Å². The van der Waals surface area contributed by atoms with E-state index in [0.29, 0.717) is 31.1 Å². The van der Waals surface area contributed by atoms with Gasteiger partial charge >= 0.3 is 6.61 Å². The summed E-state index contributed by atoms with van der Waals surface area (Å²) in [5.41, 5.74) is 0.0459. The summed E-state index contributed by atoms with van der Waals surface area (Å²) in [4.78, 5) is 14.3. The number of hydrogen-bond acceptors (Lipinski definition) is 3. The van der Waals surface area contributed by atoms with Crippen LogP contribution in [0.1, 0.15) is 30.1 Å². The van der Waals surface area contributed by atoms with Gasteiger partial charge in [0, 0.05) is 24.7 Å². The van der Waals surface area contributed by atoms with E-state index in [1.165, 1.54) is 18.2 Å². The zero-order valence-electron chi connectivity index (χ0n) is 12.2. The van der Waals surface area contributed by atoms with Crippen molar-refractivity contribution in [1.82, 2.24) is 4.90 Å². The maximum atomic E-state index is 12.7. The fourth-order valence-corrected chi connectivity index (χ4v) is 2.54. The highest BCUT2D eigenvalue weighted by atomic mass is 35.5. The Morgan fingerprint density at radius 3 is 3.00 bits per heavy atom. The molecule has 1 aliphatic rings. The standard InChI is InChI=1S/C15H18ClF2NO3/c1-2-11-9-19(6-3-7-21-11)14(20)12-8-10(16)4-5-13(12)22-15(17)18/h4-5,8,11,15H,2-3,6-7,9H2,1H3/t11-/m0/s1. The van der Waals surface area contributed by atoms with Gasteiger partial charge in [0.25, 0.3) is 5.91 Å². The smallest absolute Gasteiger partial charge is 0.387 e. The first-order valence-corrected chi connectivity index (χ1v) is 7.54. The lowest BCUT2D eigenvalue weighted by molar-refractivity contribution is -0.0503. The van der Waals surface area contributed by atoms with E-state index in [1.54, 1.807) is 4.90 Å². The van der Waals surface area contributed by atoms with Crippen molar-refractivity contribution in [1.29, 1.82) is 0 Å². The van der Waals surface area contributed by atoms with E-state index in [4.69, 9.17) is 16.3 Å². The van der Waals surface area contributed by atoms with Gasteiger partial charge < -0.3 is 14.4 Å². The van der Waals surface area contributed by atoms with Crippen LogP contribution in [-0.4, -0.2) is 43.2 Å². The maximum Gasteiger partial charge on any atom is 0.387 e. The number of amides is 1. The average Bonchev–Trinajstić information content (AvgIpc) is 2.73. The van der Waals surface area contributed by atoms with Crippen molar-refractivity contribution in [3.63, 3.8) is 0 Å². The Balaban J connectivity index is 2.25. The molecule has 1 amide bonds. The molecule has 0 radical (unpaired) electrons. The van der Waals surface area contributed by atoms with Gasteiger partial charge in [-0.05, 0) is 31.0 Å². The van der Waals surface area contributed by atoms with E-state index in [9.17, 15) is 13.6 Å². The summed E-state index contributed by atoms with van der Waals surface area (Å²) in [7, 11) is 0. The van der Waals surface area contributed by atoms with Crippen molar-refractivity contribution in [2.24, 2.45) is 0 Å². The number of hydrogen-bond donors (Lipinski definition) is 0. The highest BCUT2D eigenvalue weighted by molar-refractivity contribution is 6.31. The molecule has 1 aromatic carbocycles. The molecular weight excluding hydrogens is 316 g/mol. The Bertz CT molecular complexity index is 528. The lowest BCUT2D eigenvalue weighted by atomic mass is 10.1. The number of carbonyl (C=O) groups excluding carboxylic acids is 1. The van der Waals surface area contributed by atoms with E-state index in [2.05, 4.69) is 4.74 Å². The Labute approximate surface area is 132 Å². The summed E-state index contributed by atoms with van der Waals surface area (Å²) in [5, 5.41) is 0.295. The zero-order valence-corrected chi connectivity index (χ0v) is 13.0. The molecule has 0 aliphatic carbocycles. The second-order valence-electron chi connectivity index (χ2n) is 5.02. The molecule has 0 bridgehead atoms. The minimum Gasteiger partial charge on any atom is -0.434 e. The highest BCUT2D eigenvalue weighted by Crippen LogP contribution is 2.26. The molecule has 0 spiro atoms. The molecule has 0 unspecified atom stereocenters. The molecule has 22 heavy (non-hydrogen) atoms. The molecule has 1 aliphatic heterocycles. The third-order valence-corrected chi connectivity index (χ3v) is 3.72. The molecular formula is C15H18ClF2NO3. The van der Waals surface area contributed by atoms with Crippen molar-refractivity contribution in [3.05, 3.63) is 28.8 Å². The van der Waals surface area contributed by atoms with Crippen molar-refractivity contribution < 1.29 is 23.0 Å². The van der Waals surface area contributed by atoms with Gasteiger partial charge in [-0.1, -0.05) is 18.5 Å². The summed E-state index contributed by atoms with van der Waals surface area (Å²) < 4.78 is 35.0. The number of alkyl halides is 2. The molecule has 1 aromatic rings. The van der Waals surface area contributed by atoms with E-state index < -0.39 is 6.61 Å². The monoisotopic (exact) mass is 333 g/mol. The van der Waals surface area contributed by atoms with Crippen LogP contribution < -0.4 is 4.74 Å². The Morgan fingerprint density at radius 1 is 1.55 bits per heavy atom. The number of nitrogens with zero attached hydrogens (tertiary/aromatic N) is 1. The minimum absolute atomic E-state index is 0.0459. The molecule has 1 atom stereocenters. The first-order valence-electron chi connectivity index (χ1n) is 7.16. The van der Waals surface area contributed by atoms with E-state index in [0.717, 1.165) is 6.42 Å². The summed E-state index contributed by atoms with van der Waals surface area (Å²) in [6.07, 6.45) is 1.43. The summed E-state index contributed by atoms with van der Waals surface area (Å²) in [5.74, 6) is -0.537. The van der Waals surface area contributed by atoms with Crippen molar-refractivity contribution in [2.45, 2.75) is 32.5 Å². The lowest BCUT2D eigenvalue weighted by Gasteiger charge is -2.24. The molecule has 1 heterocycles. The third kappa shape index (κ3) is 4.30. The SMILES string of the molecule is CC[C@H]1CN(C(=O)c2cc(Cl)ccc2OC(F)F)CCCO1. The second-order valence-corrected chi connectivity index (χ2v) is 5.46. The first kappa shape index (κ1) is 17.0. The van der Waals surface area contributed by atoms with Crippen LogP contribution in [0.15, 0.2) is 18.2 Å². The topological polar surface area (TPSA) is 38.8 Å². The van der Waals surface area contributed by atoms with Gasteiger partial charge in [-0.15, -0.1) is 0 Å². The minimum atomic E-state index is -3.00. The van der Waals surface area contributed by atoms with Crippen molar-refractivity contribution in [3.8, 4) is 5.75 Å².